The summed E-state index contributed by atoms with van der Waals surface area (Å²) in [6.07, 6.45) is 5.31. The lowest BCUT2D eigenvalue weighted by molar-refractivity contribution is 0.0600. The molecule has 1 N–H and O–H groups in total. The number of esters is 1. The highest BCUT2D eigenvalue weighted by molar-refractivity contribution is 5.88. The molecule has 5 nitrogen and oxygen atoms in total. The summed E-state index contributed by atoms with van der Waals surface area (Å²) in [5.41, 5.74) is 1.00. The molecule has 2 aliphatic rings. The molecule has 2 saturated heterocycles. The average Bonchev–Trinajstić information content (AvgIpc) is 3.07. The average molecular weight is 315 g/mol. The van der Waals surface area contributed by atoms with Crippen LogP contribution in [0.1, 0.15) is 35.4 Å². The number of hydrogen-bond acceptors (Lipinski definition) is 5. The van der Waals surface area contributed by atoms with E-state index in [4.69, 9.17) is 9.15 Å². The molecule has 0 atom stereocenters. The van der Waals surface area contributed by atoms with Crippen molar-refractivity contribution in [2.45, 2.75) is 25.8 Å². The third-order valence-corrected chi connectivity index (χ3v) is 4.64. The van der Waals surface area contributed by atoms with Crippen molar-refractivity contribution in [3.05, 3.63) is 23.7 Å². The summed E-state index contributed by atoms with van der Waals surface area (Å²) in [6.45, 7) is 5.32. The van der Waals surface area contributed by atoms with Gasteiger partial charge in [0.1, 0.15) is 12.0 Å². The molecule has 1 aromatic rings. The Bertz CT molecular complexity index is 483. The maximum atomic E-state index is 11.4. The van der Waals surface area contributed by atoms with Crippen molar-refractivity contribution in [2.75, 3.05) is 33.3 Å². The summed E-state index contributed by atoms with van der Waals surface area (Å²) in [6, 6.07) is 1.79. The Morgan fingerprint density at radius 2 is 2.19 bits per heavy atom. The van der Waals surface area contributed by atoms with Gasteiger partial charge in [-0.25, -0.2) is 4.79 Å². The first-order chi connectivity index (χ1) is 9.71. The molecule has 0 saturated carbocycles. The van der Waals surface area contributed by atoms with Crippen molar-refractivity contribution < 1.29 is 13.9 Å². The van der Waals surface area contributed by atoms with Gasteiger partial charge in [-0.1, -0.05) is 0 Å². The summed E-state index contributed by atoms with van der Waals surface area (Å²) >= 11 is 0. The number of carbonyl (C=O) groups is 1. The van der Waals surface area contributed by atoms with Gasteiger partial charge in [-0.2, -0.15) is 0 Å². The van der Waals surface area contributed by atoms with E-state index in [1.807, 2.05) is 0 Å². The molecule has 1 aromatic heterocycles. The fourth-order valence-electron chi connectivity index (χ4n) is 3.44. The lowest BCUT2D eigenvalue weighted by atomic mass is 9.78. The van der Waals surface area contributed by atoms with Crippen LogP contribution in [0.5, 0.6) is 0 Å². The molecule has 0 unspecified atom stereocenters. The number of halogens is 1. The van der Waals surface area contributed by atoms with E-state index < -0.39 is 0 Å². The van der Waals surface area contributed by atoms with E-state index in [0.29, 0.717) is 11.0 Å². The molecular weight excluding hydrogens is 292 g/mol. The van der Waals surface area contributed by atoms with Crippen LogP contribution in [0, 0.1) is 5.41 Å². The number of likely N-dealkylation sites (tertiary alicyclic amines) is 1. The first kappa shape index (κ1) is 16.3. The minimum atomic E-state index is -0.337. The van der Waals surface area contributed by atoms with E-state index in [9.17, 15) is 4.79 Å². The van der Waals surface area contributed by atoms with Crippen LogP contribution in [0.15, 0.2) is 16.7 Å². The first-order valence-corrected chi connectivity index (χ1v) is 7.30. The van der Waals surface area contributed by atoms with Gasteiger partial charge in [0.15, 0.2) is 0 Å². The lowest BCUT2D eigenvalue weighted by Gasteiger charge is -2.33. The number of ether oxygens (including phenoxy) is 1. The van der Waals surface area contributed by atoms with Crippen LogP contribution in [0.4, 0.5) is 0 Å². The molecule has 2 aliphatic heterocycles. The molecule has 2 fully saturated rings. The number of piperidine rings is 1. The summed E-state index contributed by atoms with van der Waals surface area (Å²) in [5.74, 6) is 0.507. The molecule has 118 valence electrons. The second-order valence-electron chi connectivity index (χ2n) is 6.00. The Morgan fingerprint density at radius 3 is 2.90 bits per heavy atom. The number of rotatable bonds is 3. The molecule has 3 rings (SSSR count). The number of nitrogens with zero attached hydrogens (tertiary/aromatic N) is 1. The van der Waals surface area contributed by atoms with Crippen LogP contribution in [0.25, 0.3) is 0 Å². The quantitative estimate of drug-likeness (QED) is 0.866. The van der Waals surface area contributed by atoms with Crippen LogP contribution in [-0.2, 0) is 11.3 Å². The molecule has 0 amide bonds. The van der Waals surface area contributed by atoms with E-state index in [1.165, 1.54) is 32.6 Å². The molecule has 0 aromatic carbocycles. The second kappa shape index (κ2) is 6.81. The third-order valence-electron chi connectivity index (χ3n) is 4.64. The van der Waals surface area contributed by atoms with Gasteiger partial charge in [-0.05, 0) is 50.4 Å². The maximum Gasteiger partial charge on any atom is 0.341 e. The molecular formula is C15H23ClN2O3. The Labute approximate surface area is 131 Å². The smallest absolute Gasteiger partial charge is 0.341 e. The first-order valence-electron chi connectivity index (χ1n) is 7.30. The fraction of sp³-hybridized carbons (Fsp3) is 0.667. The summed E-state index contributed by atoms with van der Waals surface area (Å²) < 4.78 is 10.2. The Hall–Kier alpha value is -1.04. The number of nitrogens with one attached hydrogen (secondary N) is 1. The van der Waals surface area contributed by atoms with Crippen LogP contribution in [0.2, 0.25) is 0 Å². The molecule has 3 heterocycles. The van der Waals surface area contributed by atoms with Gasteiger partial charge in [0.05, 0.1) is 19.2 Å². The monoisotopic (exact) mass is 314 g/mol. The highest BCUT2D eigenvalue weighted by Gasteiger charge is 2.38. The van der Waals surface area contributed by atoms with Crippen molar-refractivity contribution in [3.8, 4) is 0 Å². The van der Waals surface area contributed by atoms with Crippen LogP contribution < -0.4 is 5.32 Å². The SMILES string of the molecule is COC(=O)c1coc(CN2CCC3(CCNCC3)C2)c1.Cl. The van der Waals surface area contributed by atoms with Gasteiger partial charge < -0.3 is 14.5 Å². The van der Waals surface area contributed by atoms with Crippen molar-refractivity contribution in [3.63, 3.8) is 0 Å². The Balaban J connectivity index is 0.00000161. The van der Waals surface area contributed by atoms with Gasteiger partial charge in [0, 0.05) is 6.54 Å². The van der Waals surface area contributed by atoms with Crippen LogP contribution in [0.3, 0.4) is 0 Å². The molecule has 0 radical (unpaired) electrons. The summed E-state index contributed by atoms with van der Waals surface area (Å²) in [4.78, 5) is 13.8. The Kier molecular flexibility index (Phi) is 5.30. The predicted octanol–water partition coefficient (Wildman–Crippen LogP) is 2.06. The molecule has 0 aliphatic carbocycles. The van der Waals surface area contributed by atoms with Gasteiger partial charge in [0.2, 0.25) is 0 Å². The van der Waals surface area contributed by atoms with Crippen LogP contribution in [-0.4, -0.2) is 44.2 Å². The number of hydrogen-bond donors (Lipinski definition) is 1. The second-order valence-corrected chi connectivity index (χ2v) is 6.00. The normalized spacial score (nSPS) is 21.2. The lowest BCUT2D eigenvalue weighted by Crippen LogP contribution is -2.38. The molecule has 6 heteroatoms. The zero-order valence-corrected chi connectivity index (χ0v) is 13.2. The van der Waals surface area contributed by atoms with Crippen LogP contribution >= 0.6 is 12.4 Å². The van der Waals surface area contributed by atoms with Gasteiger partial charge in [0.25, 0.3) is 0 Å². The molecule has 1 spiro atoms. The van der Waals surface area contributed by atoms with Crippen molar-refractivity contribution >= 4 is 18.4 Å². The van der Waals surface area contributed by atoms with E-state index >= 15 is 0 Å². The van der Waals surface area contributed by atoms with Gasteiger partial charge >= 0.3 is 5.97 Å². The van der Waals surface area contributed by atoms with Gasteiger partial charge in [-0.15, -0.1) is 12.4 Å². The number of furan rings is 1. The molecule has 0 bridgehead atoms. The van der Waals surface area contributed by atoms with Crippen molar-refractivity contribution in [1.82, 2.24) is 10.2 Å². The Morgan fingerprint density at radius 1 is 1.43 bits per heavy atom. The highest BCUT2D eigenvalue weighted by Crippen LogP contribution is 2.39. The minimum Gasteiger partial charge on any atom is -0.467 e. The van der Waals surface area contributed by atoms with E-state index in [0.717, 1.165) is 38.5 Å². The fourth-order valence-corrected chi connectivity index (χ4v) is 3.44. The third kappa shape index (κ3) is 3.59. The summed E-state index contributed by atoms with van der Waals surface area (Å²) in [5, 5.41) is 3.43. The van der Waals surface area contributed by atoms with E-state index in [1.54, 1.807) is 6.07 Å². The largest absolute Gasteiger partial charge is 0.467 e. The maximum absolute atomic E-state index is 11.4. The van der Waals surface area contributed by atoms with E-state index in [-0.39, 0.29) is 18.4 Å². The van der Waals surface area contributed by atoms with Crippen molar-refractivity contribution in [1.29, 1.82) is 0 Å². The zero-order chi connectivity index (χ0) is 14.0. The number of carbonyl (C=O) groups excluding carboxylic acids is 1. The molecule has 21 heavy (non-hydrogen) atoms. The highest BCUT2D eigenvalue weighted by atomic mass is 35.5. The zero-order valence-electron chi connectivity index (χ0n) is 12.4. The van der Waals surface area contributed by atoms with E-state index in [2.05, 4.69) is 10.2 Å². The minimum absolute atomic E-state index is 0. The topological polar surface area (TPSA) is 54.7 Å². The van der Waals surface area contributed by atoms with Crippen molar-refractivity contribution in [2.24, 2.45) is 5.41 Å². The standard InChI is InChI=1S/C15H22N2O3.ClH/c1-19-14(18)12-8-13(20-10-12)9-17-7-4-15(11-17)2-5-16-6-3-15;/h8,10,16H,2-7,9,11H2,1H3;1H. The predicted molar refractivity (Wildman–Crippen MR) is 81.7 cm³/mol. The van der Waals surface area contributed by atoms with Gasteiger partial charge in [-0.3, -0.25) is 4.90 Å². The number of methoxy groups -OCH3 is 1. The summed E-state index contributed by atoms with van der Waals surface area (Å²) in [7, 11) is 1.39.